The van der Waals surface area contributed by atoms with E-state index in [4.69, 9.17) is 9.47 Å². The summed E-state index contributed by atoms with van der Waals surface area (Å²) in [5.74, 6) is 0.475. The van der Waals surface area contributed by atoms with Crippen LogP contribution < -0.4 is 9.47 Å². The van der Waals surface area contributed by atoms with Crippen LogP contribution in [0.2, 0.25) is 0 Å². The van der Waals surface area contributed by atoms with Gasteiger partial charge in [0.1, 0.15) is 6.61 Å². The standard InChI is InChI=1S/C17H16O3/c1-13(2)17(18)20-16-11-7-6-10-15(16)19-12-14-8-4-3-5-9-14/h3-11H,1,12H2,2H3. The van der Waals surface area contributed by atoms with Gasteiger partial charge in [0.2, 0.25) is 0 Å². The molecule has 20 heavy (non-hydrogen) atoms. The molecule has 0 heterocycles. The summed E-state index contributed by atoms with van der Waals surface area (Å²) in [6, 6.07) is 16.9. The fourth-order valence-corrected chi connectivity index (χ4v) is 1.58. The number of rotatable bonds is 5. The second-order valence-electron chi connectivity index (χ2n) is 4.39. The number of para-hydroxylation sites is 2. The Balaban J connectivity index is 2.08. The van der Waals surface area contributed by atoms with Crippen molar-refractivity contribution >= 4 is 5.97 Å². The minimum atomic E-state index is -0.458. The Kier molecular flexibility index (Phi) is 4.56. The van der Waals surface area contributed by atoms with Gasteiger partial charge in [-0.3, -0.25) is 0 Å². The van der Waals surface area contributed by atoms with E-state index < -0.39 is 5.97 Å². The van der Waals surface area contributed by atoms with E-state index in [0.29, 0.717) is 23.7 Å². The van der Waals surface area contributed by atoms with Crippen molar-refractivity contribution in [3.05, 3.63) is 72.3 Å². The summed E-state index contributed by atoms with van der Waals surface area (Å²) in [7, 11) is 0. The molecule has 0 saturated heterocycles. The molecule has 102 valence electrons. The molecule has 0 aromatic heterocycles. The highest BCUT2D eigenvalue weighted by atomic mass is 16.6. The molecule has 0 aliphatic heterocycles. The van der Waals surface area contributed by atoms with E-state index in [2.05, 4.69) is 6.58 Å². The van der Waals surface area contributed by atoms with Crippen molar-refractivity contribution < 1.29 is 14.3 Å². The summed E-state index contributed by atoms with van der Waals surface area (Å²) in [6.45, 7) is 5.59. The monoisotopic (exact) mass is 268 g/mol. The van der Waals surface area contributed by atoms with Crippen LogP contribution in [0.3, 0.4) is 0 Å². The minimum absolute atomic E-state index is 0.350. The van der Waals surface area contributed by atoms with Crippen LogP contribution in [0.1, 0.15) is 12.5 Å². The second-order valence-corrected chi connectivity index (χ2v) is 4.39. The maximum atomic E-state index is 11.6. The molecule has 0 amide bonds. The van der Waals surface area contributed by atoms with Gasteiger partial charge in [0.25, 0.3) is 0 Å². The highest BCUT2D eigenvalue weighted by Gasteiger charge is 2.10. The topological polar surface area (TPSA) is 35.5 Å². The average molecular weight is 268 g/mol. The van der Waals surface area contributed by atoms with Crippen LogP contribution in [0.15, 0.2) is 66.7 Å². The number of ether oxygens (including phenoxy) is 2. The van der Waals surface area contributed by atoms with Gasteiger partial charge in [0.15, 0.2) is 11.5 Å². The van der Waals surface area contributed by atoms with Crippen molar-refractivity contribution in [1.29, 1.82) is 0 Å². The average Bonchev–Trinajstić information content (AvgIpc) is 2.47. The van der Waals surface area contributed by atoms with E-state index in [1.54, 1.807) is 25.1 Å². The molecule has 0 bridgehead atoms. The van der Waals surface area contributed by atoms with E-state index in [1.807, 2.05) is 36.4 Å². The van der Waals surface area contributed by atoms with Crippen molar-refractivity contribution in [3.8, 4) is 11.5 Å². The van der Waals surface area contributed by atoms with E-state index in [9.17, 15) is 4.79 Å². The Labute approximate surface area is 118 Å². The quantitative estimate of drug-likeness (QED) is 0.470. The molecular weight excluding hydrogens is 252 g/mol. The zero-order valence-electron chi connectivity index (χ0n) is 11.3. The molecule has 0 aliphatic carbocycles. The first-order valence-electron chi connectivity index (χ1n) is 6.30. The predicted octanol–water partition coefficient (Wildman–Crippen LogP) is 3.75. The van der Waals surface area contributed by atoms with Gasteiger partial charge in [-0.15, -0.1) is 0 Å². The SMILES string of the molecule is C=C(C)C(=O)Oc1ccccc1OCc1ccccc1. The minimum Gasteiger partial charge on any atom is -0.485 e. The molecule has 0 saturated carbocycles. The van der Waals surface area contributed by atoms with Crippen LogP contribution in [-0.4, -0.2) is 5.97 Å². The van der Waals surface area contributed by atoms with Crippen LogP contribution in [0.4, 0.5) is 0 Å². The third-order valence-electron chi connectivity index (χ3n) is 2.64. The summed E-state index contributed by atoms with van der Waals surface area (Å²) < 4.78 is 10.9. The maximum absolute atomic E-state index is 11.6. The number of hydrogen-bond donors (Lipinski definition) is 0. The van der Waals surface area contributed by atoms with Crippen molar-refractivity contribution in [2.45, 2.75) is 13.5 Å². The number of carbonyl (C=O) groups excluding carboxylic acids is 1. The first kappa shape index (κ1) is 13.9. The summed E-state index contributed by atoms with van der Waals surface area (Å²) in [6.07, 6.45) is 0. The van der Waals surface area contributed by atoms with Crippen molar-refractivity contribution in [3.63, 3.8) is 0 Å². The third kappa shape index (κ3) is 3.72. The van der Waals surface area contributed by atoms with Crippen LogP contribution in [0.5, 0.6) is 11.5 Å². The summed E-state index contributed by atoms with van der Waals surface area (Å²) >= 11 is 0. The largest absolute Gasteiger partial charge is 0.485 e. The smallest absolute Gasteiger partial charge is 0.338 e. The Morgan fingerprint density at radius 1 is 1.00 bits per heavy atom. The van der Waals surface area contributed by atoms with Crippen molar-refractivity contribution in [1.82, 2.24) is 0 Å². The van der Waals surface area contributed by atoms with Crippen LogP contribution in [0.25, 0.3) is 0 Å². The third-order valence-corrected chi connectivity index (χ3v) is 2.64. The van der Waals surface area contributed by atoms with Gasteiger partial charge in [-0.1, -0.05) is 49.0 Å². The van der Waals surface area contributed by atoms with E-state index in [-0.39, 0.29) is 0 Å². The molecule has 3 heteroatoms. The molecule has 3 nitrogen and oxygen atoms in total. The first-order valence-corrected chi connectivity index (χ1v) is 6.30. The molecule has 0 N–H and O–H groups in total. The Hall–Kier alpha value is -2.55. The Morgan fingerprint density at radius 2 is 1.60 bits per heavy atom. The Bertz CT molecular complexity index is 603. The number of carbonyl (C=O) groups is 1. The summed E-state index contributed by atoms with van der Waals surface area (Å²) in [4.78, 5) is 11.6. The van der Waals surface area contributed by atoms with Gasteiger partial charge in [-0.2, -0.15) is 0 Å². The van der Waals surface area contributed by atoms with Crippen LogP contribution in [-0.2, 0) is 11.4 Å². The highest BCUT2D eigenvalue weighted by molar-refractivity contribution is 5.89. The van der Waals surface area contributed by atoms with Gasteiger partial charge < -0.3 is 9.47 Å². The lowest BCUT2D eigenvalue weighted by Gasteiger charge is -2.11. The predicted molar refractivity (Wildman–Crippen MR) is 77.7 cm³/mol. The van der Waals surface area contributed by atoms with Crippen molar-refractivity contribution in [2.24, 2.45) is 0 Å². The van der Waals surface area contributed by atoms with Crippen molar-refractivity contribution in [2.75, 3.05) is 0 Å². The normalized spacial score (nSPS) is 9.85. The van der Waals surface area contributed by atoms with E-state index in [0.717, 1.165) is 5.56 Å². The lowest BCUT2D eigenvalue weighted by Crippen LogP contribution is -2.09. The van der Waals surface area contributed by atoms with Gasteiger partial charge in [0.05, 0.1) is 0 Å². The number of benzene rings is 2. The molecule has 2 aromatic carbocycles. The molecule has 0 atom stereocenters. The molecule has 0 fully saturated rings. The van der Waals surface area contributed by atoms with E-state index in [1.165, 1.54) is 0 Å². The zero-order valence-corrected chi connectivity index (χ0v) is 11.3. The summed E-state index contributed by atoms with van der Waals surface area (Å²) in [5, 5.41) is 0. The zero-order chi connectivity index (χ0) is 14.4. The van der Waals surface area contributed by atoms with Gasteiger partial charge in [0, 0.05) is 5.57 Å². The fraction of sp³-hybridized carbons (Fsp3) is 0.118. The van der Waals surface area contributed by atoms with E-state index >= 15 is 0 Å². The number of esters is 1. The lowest BCUT2D eigenvalue weighted by atomic mass is 10.2. The Morgan fingerprint density at radius 3 is 2.25 bits per heavy atom. The molecule has 0 spiro atoms. The molecule has 0 unspecified atom stereocenters. The van der Waals surface area contributed by atoms with Crippen LogP contribution >= 0.6 is 0 Å². The maximum Gasteiger partial charge on any atom is 0.338 e. The molecule has 2 aromatic rings. The van der Waals surface area contributed by atoms with Gasteiger partial charge in [-0.25, -0.2) is 4.79 Å². The highest BCUT2D eigenvalue weighted by Crippen LogP contribution is 2.27. The lowest BCUT2D eigenvalue weighted by molar-refractivity contribution is -0.130. The first-order chi connectivity index (χ1) is 9.66. The molecule has 0 radical (unpaired) electrons. The second kappa shape index (κ2) is 6.57. The number of hydrogen-bond acceptors (Lipinski definition) is 3. The fourth-order valence-electron chi connectivity index (χ4n) is 1.58. The molecule has 2 rings (SSSR count). The summed E-state index contributed by atoms with van der Waals surface area (Å²) in [5.41, 5.74) is 1.40. The van der Waals surface area contributed by atoms with Crippen LogP contribution in [0, 0.1) is 0 Å². The molecular formula is C17H16O3. The van der Waals surface area contributed by atoms with Gasteiger partial charge >= 0.3 is 5.97 Å². The molecule has 0 aliphatic rings. The van der Waals surface area contributed by atoms with Gasteiger partial charge in [-0.05, 0) is 24.6 Å².